The van der Waals surface area contributed by atoms with Crippen LogP contribution in [0.5, 0.6) is 5.75 Å². The maximum absolute atomic E-state index is 12.7. The number of hydrogen-bond acceptors (Lipinski definition) is 5. The highest BCUT2D eigenvalue weighted by Gasteiger charge is 2.18. The third-order valence-corrected chi connectivity index (χ3v) is 5.56. The second-order valence-corrected chi connectivity index (χ2v) is 8.31. The van der Waals surface area contributed by atoms with Gasteiger partial charge in [-0.25, -0.2) is 13.6 Å². The number of halogens is 1. The summed E-state index contributed by atoms with van der Waals surface area (Å²) in [6, 6.07) is 13.6. The fourth-order valence-corrected chi connectivity index (χ4v) is 3.51. The van der Waals surface area contributed by atoms with Gasteiger partial charge in [-0.15, -0.1) is 0 Å². The zero-order chi connectivity index (χ0) is 21.9. The molecule has 10 heteroatoms. The summed E-state index contributed by atoms with van der Waals surface area (Å²) in [6.45, 7) is 0.215. The number of anilines is 1. The molecule has 0 atom stereocenters. The van der Waals surface area contributed by atoms with E-state index in [1.165, 1.54) is 42.1 Å². The summed E-state index contributed by atoms with van der Waals surface area (Å²) in [5.41, 5.74) is 0.775. The average Bonchev–Trinajstić information content (AvgIpc) is 2.71. The van der Waals surface area contributed by atoms with Crippen molar-refractivity contribution < 1.29 is 17.9 Å². The van der Waals surface area contributed by atoms with E-state index in [0.29, 0.717) is 10.7 Å². The standard InChI is InChI=1S/C20H18ClN3O5S/c1-29-18-8-7-15(30(22,27)28)10-16(18)20(26)23-14-6-9-19(25)24(12-14)11-13-4-2-3-5-17(13)21/h2-10,12H,11H2,1H3,(H,23,26)(H2,22,27,28). The number of amides is 1. The Bertz CT molecular complexity index is 1270. The number of pyridine rings is 1. The largest absolute Gasteiger partial charge is 0.496 e. The minimum atomic E-state index is -4.00. The highest BCUT2D eigenvalue weighted by atomic mass is 35.5. The van der Waals surface area contributed by atoms with E-state index in [0.717, 1.165) is 11.6 Å². The average molecular weight is 448 g/mol. The molecule has 1 amide bonds. The molecule has 3 rings (SSSR count). The van der Waals surface area contributed by atoms with Crippen LogP contribution in [0.1, 0.15) is 15.9 Å². The minimum absolute atomic E-state index is 0.0205. The molecule has 0 aliphatic carbocycles. The molecule has 0 aliphatic rings. The number of nitrogens with two attached hydrogens (primary N) is 1. The van der Waals surface area contributed by atoms with E-state index in [-0.39, 0.29) is 28.3 Å². The molecule has 8 nitrogen and oxygen atoms in total. The summed E-state index contributed by atoms with van der Waals surface area (Å²) in [5.74, 6) is -0.454. The van der Waals surface area contributed by atoms with Gasteiger partial charge in [-0.05, 0) is 35.9 Å². The van der Waals surface area contributed by atoms with Crippen LogP contribution in [0.25, 0.3) is 0 Å². The predicted octanol–water partition coefficient (Wildman–Crippen LogP) is 2.46. The molecule has 3 aromatic rings. The molecule has 156 valence electrons. The molecule has 1 aromatic heterocycles. The lowest BCUT2D eigenvalue weighted by molar-refractivity contribution is 0.102. The first-order valence-corrected chi connectivity index (χ1v) is 10.6. The molecule has 0 bridgehead atoms. The van der Waals surface area contributed by atoms with Crippen LogP contribution >= 0.6 is 11.6 Å². The number of rotatable bonds is 6. The maximum Gasteiger partial charge on any atom is 0.259 e. The van der Waals surface area contributed by atoms with Crippen LogP contribution in [-0.2, 0) is 16.6 Å². The smallest absolute Gasteiger partial charge is 0.259 e. The summed E-state index contributed by atoms with van der Waals surface area (Å²) < 4.78 is 29.7. The lowest BCUT2D eigenvalue weighted by Gasteiger charge is -2.13. The number of nitrogens with zero attached hydrogens (tertiary/aromatic N) is 1. The molecular formula is C20H18ClN3O5S. The zero-order valence-electron chi connectivity index (χ0n) is 15.8. The molecule has 30 heavy (non-hydrogen) atoms. The summed E-state index contributed by atoms with van der Waals surface area (Å²) in [6.07, 6.45) is 1.47. The number of aromatic nitrogens is 1. The van der Waals surface area contributed by atoms with Crippen LogP contribution in [-0.4, -0.2) is 26.0 Å². The minimum Gasteiger partial charge on any atom is -0.496 e. The Labute approximate surface area is 177 Å². The number of hydrogen-bond donors (Lipinski definition) is 2. The van der Waals surface area contributed by atoms with Gasteiger partial charge in [0.1, 0.15) is 5.75 Å². The third-order valence-electron chi connectivity index (χ3n) is 4.28. The Balaban J connectivity index is 1.91. The second-order valence-electron chi connectivity index (χ2n) is 6.34. The molecule has 0 saturated carbocycles. The summed E-state index contributed by atoms with van der Waals surface area (Å²) in [4.78, 5) is 24.7. The number of nitrogens with one attached hydrogen (secondary N) is 1. The van der Waals surface area contributed by atoms with Crippen LogP contribution in [0, 0.1) is 0 Å². The lowest BCUT2D eigenvalue weighted by Crippen LogP contribution is -2.21. The SMILES string of the molecule is COc1ccc(S(N)(=O)=O)cc1C(=O)Nc1ccc(=O)n(Cc2ccccc2Cl)c1. The molecule has 0 saturated heterocycles. The number of primary sulfonamides is 1. The number of benzene rings is 2. The van der Waals surface area contributed by atoms with Crippen LogP contribution in [0.3, 0.4) is 0 Å². The second kappa shape index (κ2) is 8.70. The van der Waals surface area contributed by atoms with Crippen molar-refractivity contribution in [1.82, 2.24) is 4.57 Å². The van der Waals surface area contributed by atoms with E-state index < -0.39 is 15.9 Å². The molecule has 0 spiro atoms. The van der Waals surface area contributed by atoms with Crippen molar-refractivity contribution in [3.63, 3.8) is 0 Å². The Morgan fingerprint density at radius 2 is 1.90 bits per heavy atom. The number of ether oxygens (including phenoxy) is 1. The Morgan fingerprint density at radius 3 is 2.57 bits per heavy atom. The van der Waals surface area contributed by atoms with Crippen LogP contribution in [0.2, 0.25) is 5.02 Å². The zero-order valence-corrected chi connectivity index (χ0v) is 17.4. The maximum atomic E-state index is 12.7. The van der Waals surface area contributed by atoms with E-state index in [9.17, 15) is 18.0 Å². The van der Waals surface area contributed by atoms with Gasteiger partial charge in [0.05, 0.1) is 29.8 Å². The summed E-state index contributed by atoms with van der Waals surface area (Å²) in [5, 5.41) is 8.29. The topological polar surface area (TPSA) is 120 Å². The first-order valence-electron chi connectivity index (χ1n) is 8.65. The van der Waals surface area contributed by atoms with E-state index >= 15 is 0 Å². The van der Waals surface area contributed by atoms with Crippen molar-refractivity contribution in [2.24, 2.45) is 5.14 Å². The highest BCUT2D eigenvalue weighted by molar-refractivity contribution is 7.89. The van der Waals surface area contributed by atoms with Crippen molar-refractivity contribution >= 4 is 33.2 Å². The van der Waals surface area contributed by atoms with Gasteiger partial charge in [0, 0.05) is 17.3 Å². The lowest BCUT2D eigenvalue weighted by atomic mass is 10.2. The molecule has 0 radical (unpaired) electrons. The van der Waals surface area contributed by atoms with Gasteiger partial charge in [-0.3, -0.25) is 9.59 Å². The van der Waals surface area contributed by atoms with Crippen LogP contribution < -0.4 is 20.8 Å². The Hall–Kier alpha value is -3.14. The predicted molar refractivity (Wildman–Crippen MR) is 114 cm³/mol. The van der Waals surface area contributed by atoms with Gasteiger partial charge < -0.3 is 14.6 Å². The highest BCUT2D eigenvalue weighted by Crippen LogP contribution is 2.23. The first kappa shape index (κ1) is 21.6. The van der Waals surface area contributed by atoms with Crippen molar-refractivity contribution in [2.75, 3.05) is 12.4 Å². The summed E-state index contributed by atoms with van der Waals surface area (Å²) >= 11 is 6.16. The van der Waals surface area contributed by atoms with Gasteiger partial charge in [-0.1, -0.05) is 29.8 Å². The van der Waals surface area contributed by atoms with E-state index in [1.807, 2.05) is 6.07 Å². The number of carbonyl (C=O) groups is 1. The van der Waals surface area contributed by atoms with Crippen molar-refractivity contribution in [3.05, 3.63) is 87.3 Å². The molecule has 2 aromatic carbocycles. The normalized spacial score (nSPS) is 11.2. The molecule has 0 aliphatic heterocycles. The molecule has 0 unspecified atom stereocenters. The quantitative estimate of drug-likeness (QED) is 0.601. The third kappa shape index (κ3) is 4.88. The van der Waals surface area contributed by atoms with Crippen molar-refractivity contribution in [3.8, 4) is 5.75 Å². The summed E-state index contributed by atoms with van der Waals surface area (Å²) in [7, 11) is -2.65. The fourth-order valence-electron chi connectivity index (χ4n) is 2.78. The molecule has 1 heterocycles. The van der Waals surface area contributed by atoms with Gasteiger partial charge in [0.25, 0.3) is 11.5 Å². The van der Waals surface area contributed by atoms with Gasteiger partial charge in [0.15, 0.2) is 0 Å². The number of carbonyl (C=O) groups excluding carboxylic acids is 1. The van der Waals surface area contributed by atoms with E-state index in [2.05, 4.69) is 5.32 Å². The van der Waals surface area contributed by atoms with Crippen molar-refractivity contribution in [2.45, 2.75) is 11.4 Å². The van der Waals surface area contributed by atoms with Gasteiger partial charge >= 0.3 is 0 Å². The molecule has 3 N–H and O–H groups in total. The Morgan fingerprint density at radius 1 is 1.17 bits per heavy atom. The van der Waals surface area contributed by atoms with E-state index in [1.54, 1.807) is 18.2 Å². The Kier molecular flexibility index (Phi) is 6.25. The fraction of sp³-hybridized carbons (Fsp3) is 0.100. The van der Waals surface area contributed by atoms with E-state index in [4.69, 9.17) is 21.5 Å². The monoisotopic (exact) mass is 447 g/mol. The first-order chi connectivity index (χ1) is 14.2. The van der Waals surface area contributed by atoms with Crippen molar-refractivity contribution in [1.29, 1.82) is 0 Å². The number of methoxy groups -OCH3 is 1. The van der Waals surface area contributed by atoms with Crippen LogP contribution in [0.15, 0.2) is 70.5 Å². The molecular weight excluding hydrogens is 430 g/mol. The van der Waals surface area contributed by atoms with Crippen LogP contribution in [0.4, 0.5) is 5.69 Å². The van der Waals surface area contributed by atoms with Gasteiger partial charge in [-0.2, -0.15) is 0 Å². The molecule has 0 fully saturated rings. The number of sulfonamides is 1. The van der Waals surface area contributed by atoms with Gasteiger partial charge in [0.2, 0.25) is 10.0 Å².